The van der Waals surface area contributed by atoms with Crippen molar-refractivity contribution in [3.63, 3.8) is 0 Å². The van der Waals surface area contributed by atoms with Gasteiger partial charge in [-0.3, -0.25) is 4.79 Å². The van der Waals surface area contributed by atoms with Gasteiger partial charge in [-0.2, -0.15) is 0 Å². The van der Waals surface area contributed by atoms with Crippen LogP contribution >= 0.6 is 12.2 Å². The Hall–Kier alpha value is -0.840. The van der Waals surface area contributed by atoms with Crippen molar-refractivity contribution in [2.24, 2.45) is 0 Å². The number of amides is 1. The van der Waals surface area contributed by atoms with Gasteiger partial charge in [0.1, 0.15) is 18.3 Å². The molecule has 0 aromatic rings. The third-order valence-corrected chi connectivity index (χ3v) is 3.18. The van der Waals surface area contributed by atoms with E-state index in [2.05, 4.69) is 10.6 Å². The number of aliphatic hydroxyl groups excluding tert-OH is 4. The average molecular weight is 264 g/mol. The number of hydrogen-bond donors (Lipinski definition) is 6. The lowest BCUT2D eigenvalue weighted by molar-refractivity contribution is -0.276. The largest absolute Gasteiger partial charge is 0.394 e. The molecular formula is C8H12N2O6S. The van der Waals surface area contributed by atoms with Crippen LogP contribution in [0.25, 0.3) is 0 Å². The van der Waals surface area contributed by atoms with Crippen LogP contribution in [-0.2, 0) is 9.53 Å². The summed E-state index contributed by atoms with van der Waals surface area (Å²) in [5.41, 5.74) is -1.90. The zero-order chi connectivity index (χ0) is 12.8. The van der Waals surface area contributed by atoms with Crippen LogP contribution in [0.4, 0.5) is 0 Å². The molecule has 0 radical (unpaired) electrons. The lowest BCUT2D eigenvalue weighted by Gasteiger charge is -2.45. The predicted octanol–water partition coefficient (Wildman–Crippen LogP) is -3.84. The summed E-state index contributed by atoms with van der Waals surface area (Å²) >= 11 is 4.72. The van der Waals surface area contributed by atoms with E-state index in [1.54, 1.807) is 0 Å². The summed E-state index contributed by atoms with van der Waals surface area (Å²) in [6.45, 7) is -0.617. The van der Waals surface area contributed by atoms with Crippen LogP contribution in [0, 0.1) is 0 Å². The molecule has 17 heavy (non-hydrogen) atoms. The first kappa shape index (κ1) is 12.6. The number of hydrogen-bond acceptors (Lipinski definition) is 7. The van der Waals surface area contributed by atoms with Crippen LogP contribution in [0.1, 0.15) is 0 Å². The predicted molar refractivity (Wildman–Crippen MR) is 56.6 cm³/mol. The molecule has 2 aliphatic heterocycles. The van der Waals surface area contributed by atoms with Crippen LogP contribution < -0.4 is 10.6 Å². The van der Waals surface area contributed by atoms with Crippen molar-refractivity contribution in [2.75, 3.05) is 6.61 Å². The Morgan fingerprint density at radius 3 is 2.47 bits per heavy atom. The minimum absolute atomic E-state index is 0.0705. The smallest absolute Gasteiger partial charge is 0.257 e. The number of aliphatic hydroxyl groups is 4. The Labute approximate surface area is 101 Å². The molecule has 9 heteroatoms. The minimum Gasteiger partial charge on any atom is -0.394 e. The van der Waals surface area contributed by atoms with E-state index in [4.69, 9.17) is 22.1 Å². The monoisotopic (exact) mass is 264 g/mol. The van der Waals surface area contributed by atoms with Crippen LogP contribution in [-0.4, -0.2) is 68.2 Å². The van der Waals surface area contributed by atoms with E-state index in [1.807, 2.05) is 0 Å². The fourth-order valence-corrected chi connectivity index (χ4v) is 2.32. The standard InChI is InChI=1S/C8H12N2O6S/c11-1-2-3(12)8(4(13)5(14)16-2)6(15)9-7(17)10-8/h2-5,11-14H,1H2,(H2,9,10,15,17)/t2-,3-,4+,5-,8+/m1/s1. The molecule has 6 N–H and O–H groups in total. The van der Waals surface area contributed by atoms with Crippen molar-refractivity contribution in [3.8, 4) is 0 Å². The number of ether oxygens (including phenoxy) is 1. The quantitative estimate of drug-likeness (QED) is 0.265. The number of carbonyl (C=O) groups is 1. The van der Waals surface area contributed by atoms with Gasteiger partial charge in [-0.1, -0.05) is 0 Å². The van der Waals surface area contributed by atoms with Gasteiger partial charge in [0.25, 0.3) is 5.91 Å². The fraction of sp³-hybridized carbons (Fsp3) is 0.750. The lowest BCUT2D eigenvalue weighted by Crippen LogP contribution is -2.74. The molecule has 2 heterocycles. The summed E-state index contributed by atoms with van der Waals surface area (Å²) in [5.74, 6) is -0.775. The third kappa shape index (κ3) is 1.63. The molecule has 2 saturated heterocycles. The highest BCUT2D eigenvalue weighted by Gasteiger charge is 2.63. The van der Waals surface area contributed by atoms with E-state index in [-0.39, 0.29) is 5.11 Å². The second-order valence-corrected chi connectivity index (χ2v) is 4.32. The van der Waals surface area contributed by atoms with Crippen molar-refractivity contribution < 1.29 is 30.0 Å². The average Bonchev–Trinajstić information content (AvgIpc) is 2.58. The highest BCUT2D eigenvalue weighted by atomic mass is 32.1. The Kier molecular flexibility index (Phi) is 3.06. The van der Waals surface area contributed by atoms with Crippen molar-refractivity contribution in [3.05, 3.63) is 0 Å². The van der Waals surface area contributed by atoms with Gasteiger partial charge < -0.3 is 35.8 Å². The SMILES string of the molecule is O=C1NC(=S)N[C@]12[C@H](O)[C@@H](CO)O[C@@H](O)[C@@H]2O. The number of carbonyl (C=O) groups excluding carboxylic acids is 1. The van der Waals surface area contributed by atoms with Gasteiger partial charge in [0, 0.05) is 0 Å². The first-order chi connectivity index (χ1) is 7.93. The molecule has 1 spiro atoms. The molecular weight excluding hydrogens is 252 g/mol. The van der Waals surface area contributed by atoms with E-state index in [0.29, 0.717) is 0 Å². The molecule has 0 saturated carbocycles. The lowest BCUT2D eigenvalue weighted by atomic mass is 9.81. The second-order valence-electron chi connectivity index (χ2n) is 3.91. The highest BCUT2D eigenvalue weighted by Crippen LogP contribution is 2.31. The van der Waals surface area contributed by atoms with Gasteiger partial charge in [0.2, 0.25) is 0 Å². The molecule has 0 aromatic carbocycles. The summed E-state index contributed by atoms with van der Waals surface area (Å²) in [4.78, 5) is 11.8. The maximum absolute atomic E-state index is 11.8. The molecule has 2 rings (SSSR count). The Bertz CT molecular complexity index is 366. The molecule has 96 valence electrons. The molecule has 2 aliphatic rings. The van der Waals surface area contributed by atoms with E-state index in [9.17, 15) is 20.1 Å². The second kappa shape index (κ2) is 4.12. The maximum Gasteiger partial charge on any atom is 0.257 e. The highest BCUT2D eigenvalue weighted by molar-refractivity contribution is 7.80. The van der Waals surface area contributed by atoms with Gasteiger partial charge in [-0.05, 0) is 12.2 Å². The third-order valence-electron chi connectivity index (χ3n) is 2.97. The van der Waals surface area contributed by atoms with Crippen LogP contribution in [0.3, 0.4) is 0 Å². The summed E-state index contributed by atoms with van der Waals surface area (Å²) in [6, 6.07) is 0. The molecule has 2 fully saturated rings. The Balaban J connectivity index is 2.41. The topological polar surface area (TPSA) is 131 Å². The Morgan fingerprint density at radius 2 is 2.00 bits per heavy atom. The van der Waals surface area contributed by atoms with Crippen LogP contribution in [0.2, 0.25) is 0 Å². The van der Waals surface area contributed by atoms with Crippen molar-refractivity contribution in [1.82, 2.24) is 10.6 Å². The number of nitrogens with one attached hydrogen (secondary N) is 2. The van der Waals surface area contributed by atoms with Crippen molar-refractivity contribution >= 4 is 23.2 Å². The Morgan fingerprint density at radius 1 is 1.35 bits per heavy atom. The molecule has 1 amide bonds. The minimum atomic E-state index is -1.90. The van der Waals surface area contributed by atoms with E-state index < -0.39 is 42.7 Å². The summed E-state index contributed by atoms with van der Waals surface area (Å²) < 4.78 is 4.77. The van der Waals surface area contributed by atoms with Crippen molar-refractivity contribution in [1.29, 1.82) is 0 Å². The molecule has 0 aromatic heterocycles. The molecule has 0 aliphatic carbocycles. The molecule has 8 nitrogen and oxygen atoms in total. The first-order valence-electron chi connectivity index (χ1n) is 4.87. The zero-order valence-electron chi connectivity index (χ0n) is 8.53. The normalized spacial score (nSPS) is 45.9. The van der Waals surface area contributed by atoms with E-state index in [1.165, 1.54) is 0 Å². The maximum atomic E-state index is 11.8. The molecule has 5 atom stereocenters. The number of thiocarbonyl (C=S) groups is 1. The summed E-state index contributed by atoms with van der Waals surface area (Å²) in [7, 11) is 0. The number of rotatable bonds is 1. The van der Waals surface area contributed by atoms with Gasteiger partial charge in [-0.15, -0.1) is 0 Å². The summed E-state index contributed by atoms with van der Waals surface area (Å²) in [6.07, 6.45) is -6.17. The summed E-state index contributed by atoms with van der Waals surface area (Å²) in [5, 5.41) is 42.8. The van der Waals surface area contributed by atoms with Gasteiger partial charge in [-0.25, -0.2) is 0 Å². The van der Waals surface area contributed by atoms with Gasteiger partial charge in [0.15, 0.2) is 16.9 Å². The van der Waals surface area contributed by atoms with Crippen LogP contribution in [0.5, 0.6) is 0 Å². The fourth-order valence-electron chi connectivity index (χ4n) is 2.06. The first-order valence-corrected chi connectivity index (χ1v) is 5.28. The molecule has 0 unspecified atom stereocenters. The van der Waals surface area contributed by atoms with Gasteiger partial charge in [0.05, 0.1) is 6.61 Å². The molecule has 0 bridgehead atoms. The zero-order valence-corrected chi connectivity index (χ0v) is 9.35. The van der Waals surface area contributed by atoms with Crippen LogP contribution in [0.15, 0.2) is 0 Å². The van der Waals surface area contributed by atoms with Crippen molar-refractivity contribution in [2.45, 2.75) is 30.1 Å². The van der Waals surface area contributed by atoms with Gasteiger partial charge >= 0.3 is 0 Å². The van der Waals surface area contributed by atoms with E-state index in [0.717, 1.165) is 0 Å². The van der Waals surface area contributed by atoms with E-state index >= 15 is 0 Å².